The van der Waals surface area contributed by atoms with Gasteiger partial charge in [-0.25, -0.2) is 18.2 Å². The third-order valence-electron chi connectivity index (χ3n) is 6.54. The Balaban J connectivity index is 1.88. The lowest BCUT2D eigenvalue weighted by Crippen LogP contribution is -2.21. The third-order valence-corrected chi connectivity index (χ3v) is 7.71. The van der Waals surface area contributed by atoms with E-state index >= 15 is 0 Å². The van der Waals surface area contributed by atoms with Gasteiger partial charge in [0.25, 0.3) is 0 Å². The van der Waals surface area contributed by atoms with Gasteiger partial charge in [0.2, 0.25) is 0 Å². The predicted octanol–water partition coefficient (Wildman–Crippen LogP) is 3.93. The Morgan fingerprint density at radius 2 is 1.92 bits per heavy atom. The van der Waals surface area contributed by atoms with Crippen molar-refractivity contribution in [1.82, 2.24) is 14.7 Å². The second-order valence-electron chi connectivity index (χ2n) is 8.89. The summed E-state index contributed by atoms with van der Waals surface area (Å²) in [7, 11) is -2.04. The Kier molecular flexibility index (Phi) is 5.92. The smallest absolute Gasteiger partial charge is 0.420 e. The van der Waals surface area contributed by atoms with Crippen LogP contribution in [-0.4, -0.2) is 41.6 Å². The average Bonchev–Trinajstić information content (AvgIpc) is 3.39. The number of methoxy groups -OCH3 is 1. The van der Waals surface area contributed by atoms with E-state index in [1.807, 2.05) is 6.92 Å². The highest BCUT2D eigenvalue weighted by molar-refractivity contribution is 7.90. The SMILES string of the molecule is COc1cc2c(cc1-c1c(C)noc1C)nc(CO)c1oc(=O)n([C@H](C)c3ccccc3S(C)(=O)=O)c12. The van der Waals surface area contributed by atoms with Crippen molar-refractivity contribution in [2.75, 3.05) is 13.4 Å². The van der Waals surface area contributed by atoms with Gasteiger partial charge in [0.15, 0.2) is 15.4 Å². The van der Waals surface area contributed by atoms with E-state index in [2.05, 4.69) is 10.1 Å². The lowest BCUT2D eigenvalue weighted by molar-refractivity contribution is 0.277. The molecule has 0 fully saturated rings. The molecule has 0 saturated carbocycles. The first kappa shape index (κ1) is 24.7. The van der Waals surface area contributed by atoms with E-state index in [0.29, 0.717) is 44.8 Å². The quantitative estimate of drug-likeness (QED) is 0.351. The molecule has 0 amide bonds. The largest absolute Gasteiger partial charge is 0.496 e. The second kappa shape index (κ2) is 8.86. The molecular formula is C26H25N3O7S. The number of oxazole rings is 1. The van der Waals surface area contributed by atoms with Gasteiger partial charge in [0.1, 0.15) is 22.7 Å². The zero-order valence-corrected chi connectivity index (χ0v) is 21.7. The van der Waals surface area contributed by atoms with Crippen LogP contribution in [0.25, 0.3) is 33.1 Å². The summed E-state index contributed by atoms with van der Waals surface area (Å²) < 4.78 is 43.0. The summed E-state index contributed by atoms with van der Waals surface area (Å²) in [6, 6.07) is 9.33. The number of rotatable bonds is 6. The lowest BCUT2D eigenvalue weighted by Gasteiger charge is -2.18. The molecule has 0 spiro atoms. The number of aromatic nitrogens is 3. The van der Waals surface area contributed by atoms with Crippen LogP contribution < -0.4 is 10.5 Å². The van der Waals surface area contributed by atoms with Crippen LogP contribution in [0.2, 0.25) is 0 Å². The van der Waals surface area contributed by atoms with E-state index in [-0.39, 0.29) is 16.2 Å². The molecule has 1 N–H and O–H groups in total. The maximum atomic E-state index is 13.2. The molecule has 0 aliphatic carbocycles. The van der Waals surface area contributed by atoms with Gasteiger partial charge in [-0.15, -0.1) is 0 Å². The molecule has 37 heavy (non-hydrogen) atoms. The Hall–Kier alpha value is -3.96. The minimum atomic E-state index is -3.57. The Morgan fingerprint density at radius 1 is 1.19 bits per heavy atom. The molecule has 3 aromatic heterocycles. The van der Waals surface area contributed by atoms with Crippen molar-refractivity contribution in [1.29, 1.82) is 0 Å². The fraction of sp³-hybridized carbons (Fsp3) is 0.269. The zero-order valence-electron chi connectivity index (χ0n) is 20.9. The number of fused-ring (bicyclic) bond motifs is 3. The van der Waals surface area contributed by atoms with Gasteiger partial charge >= 0.3 is 5.76 Å². The number of sulfone groups is 1. The molecule has 0 bridgehead atoms. The van der Waals surface area contributed by atoms with Gasteiger partial charge in [-0.2, -0.15) is 0 Å². The van der Waals surface area contributed by atoms with Crippen molar-refractivity contribution in [3.05, 3.63) is 69.7 Å². The molecular weight excluding hydrogens is 498 g/mol. The van der Waals surface area contributed by atoms with Crippen LogP contribution in [0.5, 0.6) is 5.75 Å². The van der Waals surface area contributed by atoms with E-state index in [0.717, 1.165) is 11.8 Å². The maximum Gasteiger partial charge on any atom is 0.420 e. The number of ether oxygens (including phenoxy) is 1. The van der Waals surface area contributed by atoms with Gasteiger partial charge in [0.05, 0.1) is 41.4 Å². The normalized spacial score (nSPS) is 12.9. The first-order chi connectivity index (χ1) is 17.6. The van der Waals surface area contributed by atoms with Crippen LogP contribution in [0.3, 0.4) is 0 Å². The Bertz CT molecular complexity index is 1830. The highest BCUT2D eigenvalue weighted by Crippen LogP contribution is 2.40. The molecule has 2 aromatic carbocycles. The number of hydrogen-bond acceptors (Lipinski definition) is 9. The fourth-order valence-corrected chi connectivity index (χ4v) is 5.87. The molecule has 0 aliphatic heterocycles. The minimum Gasteiger partial charge on any atom is -0.496 e. The van der Waals surface area contributed by atoms with Crippen molar-refractivity contribution in [2.45, 2.75) is 38.3 Å². The summed E-state index contributed by atoms with van der Waals surface area (Å²) in [5.41, 5.74) is 3.70. The monoisotopic (exact) mass is 523 g/mol. The van der Waals surface area contributed by atoms with Gasteiger partial charge < -0.3 is 18.8 Å². The molecule has 0 aliphatic rings. The molecule has 1 atom stereocenters. The minimum absolute atomic E-state index is 0.114. The number of hydrogen-bond donors (Lipinski definition) is 1. The van der Waals surface area contributed by atoms with Crippen molar-refractivity contribution in [3.63, 3.8) is 0 Å². The summed E-state index contributed by atoms with van der Waals surface area (Å²) >= 11 is 0. The number of pyridine rings is 1. The van der Waals surface area contributed by atoms with Gasteiger partial charge in [-0.3, -0.25) is 4.57 Å². The first-order valence-corrected chi connectivity index (χ1v) is 13.3. The van der Waals surface area contributed by atoms with Gasteiger partial charge in [-0.05, 0) is 44.5 Å². The molecule has 10 nitrogen and oxygen atoms in total. The molecule has 0 unspecified atom stereocenters. The highest BCUT2D eigenvalue weighted by atomic mass is 32.2. The van der Waals surface area contributed by atoms with Gasteiger partial charge in [-0.1, -0.05) is 23.4 Å². The van der Waals surface area contributed by atoms with E-state index in [4.69, 9.17) is 13.7 Å². The van der Waals surface area contributed by atoms with Crippen LogP contribution in [0.15, 0.2) is 55.0 Å². The Labute approximate surface area is 212 Å². The molecule has 11 heteroatoms. The zero-order chi connectivity index (χ0) is 26.6. The van der Waals surface area contributed by atoms with Crippen LogP contribution >= 0.6 is 0 Å². The summed E-state index contributed by atoms with van der Waals surface area (Å²) in [4.78, 5) is 17.9. The first-order valence-electron chi connectivity index (χ1n) is 11.5. The van der Waals surface area contributed by atoms with Crippen molar-refractivity contribution >= 4 is 31.8 Å². The van der Waals surface area contributed by atoms with E-state index < -0.39 is 28.2 Å². The van der Waals surface area contributed by atoms with E-state index in [9.17, 15) is 18.3 Å². The number of aliphatic hydroxyl groups excluding tert-OH is 1. The van der Waals surface area contributed by atoms with Crippen molar-refractivity contribution in [3.8, 4) is 16.9 Å². The summed E-state index contributed by atoms with van der Waals surface area (Å²) in [6.45, 7) is 4.87. The highest BCUT2D eigenvalue weighted by Gasteiger charge is 2.27. The summed E-state index contributed by atoms with van der Waals surface area (Å²) in [5, 5.41) is 14.7. The van der Waals surface area contributed by atoms with Crippen LogP contribution in [-0.2, 0) is 16.4 Å². The molecule has 0 saturated heterocycles. The molecule has 3 heterocycles. The topological polar surface area (TPSA) is 138 Å². The number of benzene rings is 2. The second-order valence-corrected chi connectivity index (χ2v) is 10.9. The Morgan fingerprint density at radius 3 is 2.54 bits per heavy atom. The molecule has 5 rings (SSSR count). The third kappa shape index (κ3) is 3.91. The number of aliphatic hydroxyl groups is 1. The predicted molar refractivity (Wildman–Crippen MR) is 137 cm³/mol. The van der Waals surface area contributed by atoms with Crippen LogP contribution in [0, 0.1) is 13.8 Å². The van der Waals surface area contributed by atoms with E-state index in [1.54, 1.807) is 44.2 Å². The van der Waals surface area contributed by atoms with Crippen LogP contribution in [0.4, 0.5) is 0 Å². The fourth-order valence-electron chi connectivity index (χ4n) is 4.87. The average molecular weight is 524 g/mol. The van der Waals surface area contributed by atoms with Crippen LogP contribution in [0.1, 0.15) is 35.7 Å². The van der Waals surface area contributed by atoms with Crippen molar-refractivity contribution in [2.24, 2.45) is 0 Å². The standard InChI is InChI=1S/C26H25N3O7S/c1-13-23(15(3)36-28-13)18-10-19-17(11-21(18)34-4)24-25(20(12-30)27-19)35-26(31)29(24)14(2)16-8-6-7-9-22(16)37(5,32)33/h6-11,14,30H,12H2,1-5H3/t14-/m1/s1. The molecule has 0 radical (unpaired) electrons. The summed E-state index contributed by atoms with van der Waals surface area (Å²) in [5.74, 6) is 0.388. The molecule has 5 aromatic rings. The number of nitrogens with zero attached hydrogens (tertiary/aromatic N) is 3. The summed E-state index contributed by atoms with van der Waals surface area (Å²) in [6.07, 6.45) is 1.12. The van der Waals surface area contributed by atoms with Gasteiger partial charge in [0, 0.05) is 17.2 Å². The van der Waals surface area contributed by atoms with E-state index in [1.165, 1.54) is 17.7 Å². The van der Waals surface area contributed by atoms with Crippen molar-refractivity contribution < 1.29 is 27.2 Å². The molecule has 192 valence electrons. The lowest BCUT2D eigenvalue weighted by atomic mass is 10.00. The maximum absolute atomic E-state index is 13.2. The number of aryl methyl sites for hydroxylation is 2.